The first-order chi connectivity index (χ1) is 8.74. The van der Waals surface area contributed by atoms with Gasteiger partial charge in [0, 0.05) is 37.8 Å². The third-order valence-corrected chi connectivity index (χ3v) is 3.49. The van der Waals surface area contributed by atoms with Crippen molar-refractivity contribution in [3.05, 3.63) is 35.4 Å². The minimum atomic E-state index is -0.747. The van der Waals surface area contributed by atoms with E-state index in [1.54, 1.807) is 12.1 Å². The summed E-state index contributed by atoms with van der Waals surface area (Å²) >= 11 is 0. The third-order valence-electron chi connectivity index (χ3n) is 3.49. The van der Waals surface area contributed by atoms with Crippen molar-refractivity contribution >= 4 is 12.4 Å². The summed E-state index contributed by atoms with van der Waals surface area (Å²) in [6.45, 7) is 5.68. The molecule has 0 amide bonds. The van der Waals surface area contributed by atoms with Crippen LogP contribution in [0.4, 0.5) is 8.78 Å². The summed E-state index contributed by atoms with van der Waals surface area (Å²) in [6.07, 6.45) is 1.82. The molecule has 2 nitrogen and oxygen atoms in total. The fraction of sp³-hybridized carbons (Fsp3) is 0.571. The summed E-state index contributed by atoms with van der Waals surface area (Å²) in [6, 6.07) is 4.48. The molecule has 0 spiro atoms. The van der Waals surface area contributed by atoms with E-state index >= 15 is 0 Å². The quantitative estimate of drug-likeness (QED) is 0.916. The van der Waals surface area contributed by atoms with E-state index in [9.17, 15) is 8.78 Å². The van der Waals surface area contributed by atoms with Crippen molar-refractivity contribution in [2.75, 3.05) is 26.2 Å². The molecule has 1 heterocycles. The molecule has 108 valence electrons. The molecule has 0 aromatic heterocycles. The van der Waals surface area contributed by atoms with Crippen LogP contribution in [0.2, 0.25) is 0 Å². The van der Waals surface area contributed by atoms with Crippen LogP contribution in [0.3, 0.4) is 0 Å². The zero-order valence-corrected chi connectivity index (χ0v) is 12.0. The highest BCUT2D eigenvalue weighted by Crippen LogP contribution is 2.29. The second kappa shape index (κ2) is 7.78. The molecule has 1 fully saturated rings. The van der Waals surface area contributed by atoms with Crippen molar-refractivity contribution in [3.8, 4) is 0 Å². The van der Waals surface area contributed by atoms with E-state index < -0.39 is 11.6 Å². The molecule has 1 atom stereocenters. The number of piperazine rings is 1. The summed E-state index contributed by atoms with van der Waals surface area (Å²) in [5.74, 6) is -1.43. The Kier molecular flexibility index (Phi) is 6.69. The highest BCUT2D eigenvalue weighted by molar-refractivity contribution is 5.85. The molecule has 2 rings (SSSR count). The van der Waals surface area contributed by atoms with Crippen LogP contribution in [0.1, 0.15) is 31.4 Å². The van der Waals surface area contributed by atoms with Gasteiger partial charge >= 0.3 is 0 Å². The van der Waals surface area contributed by atoms with Gasteiger partial charge in [0.2, 0.25) is 0 Å². The van der Waals surface area contributed by atoms with Gasteiger partial charge < -0.3 is 5.32 Å². The lowest BCUT2D eigenvalue weighted by Crippen LogP contribution is -2.45. The molecular weight excluding hydrogens is 270 g/mol. The molecule has 1 aromatic rings. The first-order valence-corrected chi connectivity index (χ1v) is 6.62. The van der Waals surface area contributed by atoms with Crippen molar-refractivity contribution in [3.63, 3.8) is 0 Å². The van der Waals surface area contributed by atoms with Crippen LogP contribution in [-0.2, 0) is 0 Å². The molecular formula is C14H21ClF2N2. The lowest BCUT2D eigenvalue weighted by molar-refractivity contribution is 0.160. The number of nitrogens with zero attached hydrogens (tertiary/aromatic N) is 1. The normalized spacial score (nSPS) is 17.8. The zero-order valence-electron chi connectivity index (χ0n) is 11.2. The SMILES string of the molecule is CCC[C@@H](c1cccc(F)c1F)N1CCNCC1.Cl. The topological polar surface area (TPSA) is 15.3 Å². The summed E-state index contributed by atoms with van der Waals surface area (Å²) in [7, 11) is 0. The molecule has 1 saturated heterocycles. The Bertz CT molecular complexity index is 395. The molecule has 1 aliphatic rings. The van der Waals surface area contributed by atoms with E-state index in [4.69, 9.17) is 0 Å². The number of hydrogen-bond donors (Lipinski definition) is 1. The summed E-state index contributed by atoms with van der Waals surface area (Å²) < 4.78 is 27.3. The van der Waals surface area contributed by atoms with Crippen LogP contribution in [0.5, 0.6) is 0 Å². The predicted octanol–water partition coefficient (Wildman–Crippen LogP) is 3.13. The molecule has 0 radical (unpaired) electrons. The van der Waals surface area contributed by atoms with Crippen molar-refractivity contribution < 1.29 is 8.78 Å². The maximum absolute atomic E-state index is 13.9. The molecule has 1 aromatic carbocycles. The van der Waals surface area contributed by atoms with E-state index in [1.165, 1.54) is 6.07 Å². The first-order valence-electron chi connectivity index (χ1n) is 6.62. The number of halogens is 3. The minimum absolute atomic E-state index is 0. The smallest absolute Gasteiger partial charge is 0.163 e. The lowest BCUT2D eigenvalue weighted by Gasteiger charge is -2.35. The van der Waals surface area contributed by atoms with E-state index in [-0.39, 0.29) is 18.4 Å². The van der Waals surface area contributed by atoms with Crippen molar-refractivity contribution in [1.29, 1.82) is 0 Å². The van der Waals surface area contributed by atoms with Crippen molar-refractivity contribution in [2.24, 2.45) is 0 Å². The van der Waals surface area contributed by atoms with E-state index in [1.807, 2.05) is 0 Å². The van der Waals surface area contributed by atoms with Gasteiger partial charge in [-0.2, -0.15) is 0 Å². The third kappa shape index (κ3) is 3.88. The summed E-state index contributed by atoms with van der Waals surface area (Å²) in [4.78, 5) is 2.25. The lowest BCUT2D eigenvalue weighted by atomic mass is 9.99. The summed E-state index contributed by atoms with van der Waals surface area (Å²) in [5.41, 5.74) is 0.499. The number of nitrogens with one attached hydrogen (secondary N) is 1. The Balaban J connectivity index is 0.00000180. The number of rotatable bonds is 4. The van der Waals surface area contributed by atoms with Gasteiger partial charge in [-0.25, -0.2) is 8.78 Å². The van der Waals surface area contributed by atoms with Crippen LogP contribution in [0.15, 0.2) is 18.2 Å². The fourth-order valence-electron chi connectivity index (χ4n) is 2.58. The Morgan fingerprint density at radius 1 is 1.26 bits per heavy atom. The van der Waals surface area contributed by atoms with Crippen LogP contribution in [0.25, 0.3) is 0 Å². The Hall–Kier alpha value is -0.710. The number of hydrogen-bond acceptors (Lipinski definition) is 2. The Morgan fingerprint density at radius 3 is 2.58 bits per heavy atom. The van der Waals surface area contributed by atoms with Gasteiger partial charge in [-0.3, -0.25) is 4.90 Å². The molecule has 0 bridgehead atoms. The average Bonchev–Trinajstić information content (AvgIpc) is 2.41. The predicted molar refractivity (Wildman–Crippen MR) is 75.7 cm³/mol. The van der Waals surface area contributed by atoms with Crippen LogP contribution in [0, 0.1) is 11.6 Å². The molecule has 0 aliphatic carbocycles. The fourth-order valence-corrected chi connectivity index (χ4v) is 2.58. The van der Waals surface area contributed by atoms with E-state index in [2.05, 4.69) is 17.1 Å². The molecule has 19 heavy (non-hydrogen) atoms. The van der Waals surface area contributed by atoms with Gasteiger partial charge in [-0.15, -0.1) is 12.4 Å². The monoisotopic (exact) mass is 290 g/mol. The van der Waals surface area contributed by atoms with E-state index in [0.29, 0.717) is 5.56 Å². The molecule has 1 N–H and O–H groups in total. The summed E-state index contributed by atoms with van der Waals surface area (Å²) in [5, 5.41) is 3.28. The van der Waals surface area contributed by atoms with Gasteiger partial charge in [0.25, 0.3) is 0 Å². The maximum Gasteiger partial charge on any atom is 0.163 e. The highest BCUT2D eigenvalue weighted by atomic mass is 35.5. The first kappa shape index (κ1) is 16.3. The second-order valence-electron chi connectivity index (χ2n) is 4.73. The van der Waals surface area contributed by atoms with Crippen molar-refractivity contribution in [2.45, 2.75) is 25.8 Å². The Morgan fingerprint density at radius 2 is 1.95 bits per heavy atom. The largest absolute Gasteiger partial charge is 0.314 e. The molecule has 1 aliphatic heterocycles. The van der Waals surface area contributed by atoms with Gasteiger partial charge in [0.05, 0.1) is 0 Å². The van der Waals surface area contributed by atoms with Crippen LogP contribution < -0.4 is 5.32 Å². The highest BCUT2D eigenvalue weighted by Gasteiger charge is 2.24. The zero-order chi connectivity index (χ0) is 13.0. The maximum atomic E-state index is 13.9. The van der Waals surface area contributed by atoms with Gasteiger partial charge in [0.1, 0.15) is 0 Å². The van der Waals surface area contributed by atoms with Gasteiger partial charge in [-0.1, -0.05) is 25.5 Å². The average molecular weight is 291 g/mol. The second-order valence-corrected chi connectivity index (χ2v) is 4.73. The van der Waals surface area contributed by atoms with Gasteiger partial charge in [0.15, 0.2) is 11.6 Å². The molecule has 0 saturated carbocycles. The molecule has 5 heteroatoms. The van der Waals surface area contributed by atoms with Crippen molar-refractivity contribution in [1.82, 2.24) is 10.2 Å². The minimum Gasteiger partial charge on any atom is -0.314 e. The van der Waals surface area contributed by atoms with Crippen LogP contribution in [-0.4, -0.2) is 31.1 Å². The Labute approximate surface area is 119 Å². The van der Waals surface area contributed by atoms with E-state index in [0.717, 1.165) is 39.0 Å². The van der Waals surface area contributed by atoms with Gasteiger partial charge in [-0.05, 0) is 12.5 Å². The number of benzene rings is 1. The standard InChI is InChI=1S/C14H20F2N2.ClH/c1-2-4-13(18-9-7-17-8-10-18)11-5-3-6-12(15)14(11)16;/h3,5-6,13,17H,2,4,7-10H2,1H3;1H/t13-;/m0./s1. The van der Waals surface area contributed by atoms with Crippen LogP contribution >= 0.6 is 12.4 Å². The molecule has 0 unspecified atom stereocenters.